The zero-order valence-electron chi connectivity index (χ0n) is 13.9. The van der Waals surface area contributed by atoms with Crippen LogP contribution in [0.3, 0.4) is 0 Å². The molecule has 2 aromatic rings. The van der Waals surface area contributed by atoms with Gasteiger partial charge in [-0.3, -0.25) is 4.90 Å². The van der Waals surface area contributed by atoms with Crippen LogP contribution in [0.15, 0.2) is 53.0 Å². The topological polar surface area (TPSA) is 65.1 Å². The van der Waals surface area contributed by atoms with Crippen LogP contribution in [0.4, 0.5) is 10.5 Å². The van der Waals surface area contributed by atoms with E-state index in [2.05, 4.69) is 20.7 Å². The van der Waals surface area contributed by atoms with Crippen LogP contribution < -0.4 is 9.64 Å². The van der Waals surface area contributed by atoms with Gasteiger partial charge in [-0.15, -0.1) is 0 Å². The maximum atomic E-state index is 12.3. The number of amides is 1. The standard InChI is InChI=1S/C18H18BrNO5/c1-20(18(22)23-2)16-9-4-3-8-15(16)17(21)25-11-10-24-14-7-5-6-13(19)12-14/h3-9,12H,10-11H2,1-2H3. The number of para-hydroxylation sites is 1. The lowest BCUT2D eigenvalue weighted by molar-refractivity contribution is 0.0451. The molecular weight excluding hydrogens is 390 g/mol. The van der Waals surface area contributed by atoms with Gasteiger partial charge >= 0.3 is 12.1 Å². The summed E-state index contributed by atoms with van der Waals surface area (Å²) in [5, 5.41) is 0. The zero-order valence-corrected chi connectivity index (χ0v) is 15.5. The molecule has 0 N–H and O–H groups in total. The molecule has 0 aromatic heterocycles. The van der Waals surface area contributed by atoms with Crippen LogP contribution >= 0.6 is 15.9 Å². The summed E-state index contributed by atoms with van der Waals surface area (Å²) in [6, 6.07) is 14.0. The number of anilines is 1. The third kappa shape index (κ3) is 5.22. The number of nitrogens with zero attached hydrogens (tertiary/aromatic N) is 1. The fourth-order valence-corrected chi connectivity index (χ4v) is 2.48. The number of ether oxygens (including phenoxy) is 3. The summed E-state index contributed by atoms with van der Waals surface area (Å²) >= 11 is 3.36. The number of halogens is 1. The summed E-state index contributed by atoms with van der Waals surface area (Å²) in [4.78, 5) is 25.2. The van der Waals surface area contributed by atoms with E-state index in [9.17, 15) is 9.59 Å². The number of hydrogen-bond donors (Lipinski definition) is 0. The van der Waals surface area contributed by atoms with Gasteiger partial charge in [-0.25, -0.2) is 9.59 Å². The molecule has 0 bridgehead atoms. The minimum atomic E-state index is -0.571. The molecule has 25 heavy (non-hydrogen) atoms. The second-order valence-corrected chi connectivity index (χ2v) is 5.90. The van der Waals surface area contributed by atoms with E-state index in [1.807, 2.05) is 24.3 Å². The highest BCUT2D eigenvalue weighted by atomic mass is 79.9. The first-order chi connectivity index (χ1) is 12.0. The van der Waals surface area contributed by atoms with Gasteiger partial charge in [-0.1, -0.05) is 34.1 Å². The van der Waals surface area contributed by atoms with Crippen LogP contribution in [0.2, 0.25) is 0 Å². The quantitative estimate of drug-likeness (QED) is 0.536. The minimum Gasteiger partial charge on any atom is -0.490 e. The highest BCUT2D eigenvalue weighted by Crippen LogP contribution is 2.21. The molecule has 0 heterocycles. The highest BCUT2D eigenvalue weighted by Gasteiger charge is 2.19. The summed E-state index contributed by atoms with van der Waals surface area (Å²) in [6.07, 6.45) is -0.571. The van der Waals surface area contributed by atoms with Crippen molar-refractivity contribution in [2.75, 3.05) is 32.3 Å². The smallest absolute Gasteiger partial charge is 0.413 e. The molecule has 1 amide bonds. The first-order valence-electron chi connectivity index (χ1n) is 7.49. The van der Waals surface area contributed by atoms with Gasteiger partial charge < -0.3 is 14.2 Å². The van der Waals surface area contributed by atoms with Gasteiger partial charge in [0.25, 0.3) is 0 Å². The van der Waals surface area contributed by atoms with Crippen LogP contribution in [0, 0.1) is 0 Å². The van der Waals surface area contributed by atoms with E-state index in [4.69, 9.17) is 9.47 Å². The Balaban J connectivity index is 1.94. The van der Waals surface area contributed by atoms with Crippen LogP contribution in [-0.4, -0.2) is 39.4 Å². The number of rotatable bonds is 6. The van der Waals surface area contributed by atoms with Crippen LogP contribution in [0.25, 0.3) is 0 Å². The van der Waals surface area contributed by atoms with Crippen molar-refractivity contribution in [3.63, 3.8) is 0 Å². The first kappa shape index (κ1) is 18.8. The van der Waals surface area contributed by atoms with E-state index in [-0.39, 0.29) is 18.8 Å². The molecule has 132 valence electrons. The van der Waals surface area contributed by atoms with Crippen molar-refractivity contribution < 1.29 is 23.8 Å². The maximum absolute atomic E-state index is 12.3. The molecule has 0 saturated heterocycles. The average molecular weight is 408 g/mol. The lowest BCUT2D eigenvalue weighted by atomic mass is 10.1. The van der Waals surface area contributed by atoms with Crippen molar-refractivity contribution >= 4 is 33.7 Å². The normalized spacial score (nSPS) is 10.0. The predicted molar refractivity (Wildman–Crippen MR) is 97.2 cm³/mol. The summed E-state index contributed by atoms with van der Waals surface area (Å²) < 4.78 is 16.3. The Morgan fingerprint density at radius 2 is 1.84 bits per heavy atom. The van der Waals surface area contributed by atoms with Gasteiger partial charge in [0.1, 0.15) is 19.0 Å². The molecule has 0 fully saturated rings. The van der Waals surface area contributed by atoms with E-state index >= 15 is 0 Å². The van der Waals surface area contributed by atoms with Crippen molar-refractivity contribution in [1.82, 2.24) is 0 Å². The van der Waals surface area contributed by atoms with Gasteiger partial charge in [0.05, 0.1) is 18.4 Å². The third-order valence-corrected chi connectivity index (χ3v) is 3.81. The maximum Gasteiger partial charge on any atom is 0.413 e. The van der Waals surface area contributed by atoms with E-state index in [1.54, 1.807) is 24.3 Å². The Morgan fingerprint density at radius 3 is 2.56 bits per heavy atom. The molecule has 7 heteroatoms. The summed E-state index contributed by atoms with van der Waals surface area (Å²) in [7, 11) is 2.80. The Hall–Kier alpha value is -2.54. The molecule has 0 atom stereocenters. The van der Waals surface area contributed by atoms with Gasteiger partial charge in [0.15, 0.2) is 0 Å². The van der Waals surface area contributed by atoms with Crippen LogP contribution in [0.5, 0.6) is 5.75 Å². The number of carbonyl (C=O) groups is 2. The first-order valence-corrected chi connectivity index (χ1v) is 8.28. The average Bonchev–Trinajstić information content (AvgIpc) is 2.64. The molecule has 6 nitrogen and oxygen atoms in total. The van der Waals surface area contributed by atoms with Crippen molar-refractivity contribution in [1.29, 1.82) is 0 Å². The van der Waals surface area contributed by atoms with E-state index in [0.717, 1.165) is 4.47 Å². The highest BCUT2D eigenvalue weighted by molar-refractivity contribution is 9.10. The number of esters is 1. The molecule has 0 radical (unpaired) electrons. The SMILES string of the molecule is COC(=O)N(C)c1ccccc1C(=O)OCCOc1cccc(Br)c1. The molecular formula is C18H18BrNO5. The number of methoxy groups -OCH3 is 1. The monoisotopic (exact) mass is 407 g/mol. The van der Waals surface area contributed by atoms with Crippen LogP contribution in [-0.2, 0) is 9.47 Å². The molecule has 0 aliphatic rings. The molecule has 0 spiro atoms. The Labute approximate surface area is 154 Å². The second kappa shape index (κ2) is 9.08. The fourth-order valence-electron chi connectivity index (χ4n) is 2.10. The van der Waals surface area contributed by atoms with Crippen molar-refractivity contribution in [3.8, 4) is 5.75 Å². The van der Waals surface area contributed by atoms with Gasteiger partial charge in [-0.2, -0.15) is 0 Å². The molecule has 2 rings (SSSR count). The van der Waals surface area contributed by atoms with Crippen molar-refractivity contribution in [2.24, 2.45) is 0 Å². The number of hydrogen-bond acceptors (Lipinski definition) is 5. The molecule has 0 aliphatic heterocycles. The van der Waals surface area contributed by atoms with Gasteiger partial charge in [0.2, 0.25) is 0 Å². The predicted octanol–water partition coefficient (Wildman–Crippen LogP) is 3.89. The Morgan fingerprint density at radius 1 is 1.08 bits per heavy atom. The lowest BCUT2D eigenvalue weighted by Crippen LogP contribution is -2.28. The fraction of sp³-hybridized carbons (Fsp3) is 0.222. The van der Waals surface area contributed by atoms with E-state index in [0.29, 0.717) is 11.4 Å². The van der Waals surface area contributed by atoms with Crippen molar-refractivity contribution in [2.45, 2.75) is 0 Å². The minimum absolute atomic E-state index is 0.0849. The zero-order chi connectivity index (χ0) is 18.2. The third-order valence-electron chi connectivity index (χ3n) is 3.32. The van der Waals surface area contributed by atoms with E-state index in [1.165, 1.54) is 19.1 Å². The molecule has 0 aliphatic carbocycles. The molecule has 2 aromatic carbocycles. The lowest BCUT2D eigenvalue weighted by Gasteiger charge is -2.18. The van der Waals surface area contributed by atoms with Crippen LogP contribution in [0.1, 0.15) is 10.4 Å². The summed E-state index contributed by atoms with van der Waals surface area (Å²) in [5.41, 5.74) is 0.685. The molecule has 0 unspecified atom stereocenters. The number of benzene rings is 2. The largest absolute Gasteiger partial charge is 0.490 e. The number of carbonyl (C=O) groups excluding carboxylic acids is 2. The summed E-state index contributed by atoms with van der Waals surface area (Å²) in [6.45, 7) is 0.304. The van der Waals surface area contributed by atoms with Gasteiger partial charge in [0, 0.05) is 11.5 Å². The van der Waals surface area contributed by atoms with Gasteiger partial charge in [-0.05, 0) is 30.3 Å². The Bertz CT molecular complexity index is 750. The van der Waals surface area contributed by atoms with E-state index < -0.39 is 12.1 Å². The molecule has 0 saturated carbocycles. The summed E-state index contributed by atoms with van der Waals surface area (Å²) in [5.74, 6) is 0.139. The van der Waals surface area contributed by atoms with Crippen molar-refractivity contribution in [3.05, 3.63) is 58.6 Å². The Kier molecular flexibility index (Phi) is 6.82. The second-order valence-electron chi connectivity index (χ2n) is 4.99.